The molecule has 4 fully saturated rings. The van der Waals surface area contributed by atoms with Crippen LogP contribution in [0.15, 0.2) is 9.59 Å². The van der Waals surface area contributed by atoms with Gasteiger partial charge in [-0.25, -0.2) is 4.79 Å². The first kappa shape index (κ1) is 16.4. The van der Waals surface area contributed by atoms with E-state index in [2.05, 4.69) is 12.2 Å². The molecular formula is C19H26N4O2. The summed E-state index contributed by atoms with van der Waals surface area (Å²) in [4.78, 5) is 24.6. The summed E-state index contributed by atoms with van der Waals surface area (Å²) < 4.78 is 2.40. The van der Waals surface area contributed by atoms with Gasteiger partial charge in [0.25, 0.3) is 5.56 Å². The lowest BCUT2D eigenvalue weighted by Gasteiger charge is -2.59. The minimum absolute atomic E-state index is 0.0289. The van der Waals surface area contributed by atoms with Gasteiger partial charge in [-0.15, -0.1) is 0 Å². The van der Waals surface area contributed by atoms with Crippen molar-refractivity contribution in [3.63, 3.8) is 0 Å². The first-order chi connectivity index (χ1) is 11.8. The molecule has 5 rings (SSSR count). The van der Waals surface area contributed by atoms with E-state index in [1.54, 1.807) is 7.05 Å². The summed E-state index contributed by atoms with van der Waals surface area (Å²) >= 11 is 0. The van der Waals surface area contributed by atoms with Crippen molar-refractivity contribution in [2.24, 2.45) is 37.3 Å². The fourth-order valence-corrected chi connectivity index (χ4v) is 6.18. The van der Waals surface area contributed by atoms with E-state index in [-0.39, 0.29) is 17.0 Å². The third kappa shape index (κ3) is 2.36. The average Bonchev–Trinajstić information content (AvgIpc) is 2.57. The van der Waals surface area contributed by atoms with Gasteiger partial charge in [0.15, 0.2) is 5.56 Å². The summed E-state index contributed by atoms with van der Waals surface area (Å²) in [5.41, 5.74) is -0.658. The highest BCUT2D eigenvalue weighted by molar-refractivity contribution is 5.52. The number of rotatable bonds is 3. The Hall–Kier alpha value is -2.03. The highest BCUT2D eigenvalue weighted by atomic mass is 16.2. The van der Waals surface area contributed by atoms with Gasteiger partial charge in [-0.2, -0.15) is 5.26 Å². The third-order valence-corrected chi connectivity index (χ3v) is 7.13. The summed E-state index contributed by atoms with van der Waals surface area (Å²) in [5.74, 6) is 2.87. The van der Waals surface area contributed by atoms with Crippen LogP contribution in [0.25, 0.3) is 0 Å². The maximum Gasteiger partial charge on any atom is 0.332 e. The topological polar surface area (TPSA) is 79.8 Å². The molecule has 0 saturated heterocycles. The van der Waals surface area contributed by atoms with Crippen molar-refractivity contribution in [1.82, 2.24) is 9.13 Å². The molecule has 1 aromatic heterocycles. The summed E-state index contributed by atoms with van der Waals surface area (Å²) in [7, 11) is 3.04. The first-order valence-electron chi connectivity index (χ1n) is 9.31. The lowest BCUT2D eigenvalue weighted by molar-refractivity contribution is -0.0603. The molecule has 4 saturated carbocycles. The number of hydrogen-bond acceptors (Lipinski definition) is 4. The first-order valence-corrected chi connectivity index (χ1v) is 9.31. The fourth-order valence-electron chi connectivity index (χ4n) is 6.18. The number of nitrogens with zero attached hydrogens (tertiary/aromatic N) is 3. The molecule has 4 aliphatic carbocycles. The molecule has 6 heteroatoms. The molecule has 1 unspecified atom stereocenters. The summed E-state index contributed by atoms with van der Waals surface area (Å²) in [6.07, 6.45) is 7.81. The lowest BCUT2D eigenvalue weighted by Crippen LogP contribution is -2.53. The smallest absolute Gasteiger partial charge is 0.332 e. The molecule has 1 atom stereocenters. The van der Waals surface area contributed by atoms with E-state index in [0.717, 1.165) is 22.3 Å². The Bertz CT molecular complexity index is 838. The van der Waals surface area contributed by atoms with E-state index < -0.39 is 11.2 Å². The van der Waals surface area contributed by atoms with Crippen LogP contribution in [-0.2, 0) is 14.1 Å². The average molecular weight is 342 g/mol. The van der Waals surface area contributed by atoms with Gasteiger partial charge in [-0.3, -0.25) is 13.9 Å². The van der Waals surface area contributed by atoms with Gasteiger partial charge in [0, 0.05) is 20.1 Å². The van der Waals surface area contributed by atoms with Gasteiger partial charge < -0.3 is 5.32 Å². The summed E-state index contributed by atoms with van der Waals surface area (Å²) in [6.45, 7) is 2.16. The van der Waals surface area contributed by atoms with Gasteiger partial charge >= 0.3 is 5.69 Å². The predicted molar refractivity (Wildman–Crippen MR) is 95.3 cm³/mol. The van der Waals surface area contributed by atoms with Crippen LogP contribution in [0.5, 0.6) is 0 Å². The van der Waals surface area contributed by atoms with Crippen molar-refractivity contribution in [3.05, 3.63) is 26.4 Å². The van der Waals surface area contributed by atoms with Crippen molar-refractivity contribution >= 4 is 5.82 Å². The van der Waals surface area contributed by atoms with Crippen LogP contribution in [0, 0.1) is 34.5 Å². The van der Waals surface area contributed by atoms with Crippen molar-refractivity contribution in [1.29, 1.82) is 5.26 Å². The second-order valence-corrected chi connectivity index (χ2v) is 8.69. The molecule has 25 heavy (non-hydrogen) atoms. The Balaban J connectivity index is 1.71. The molecule has 4 aliphatic rings. The van der Waals surface area contributed by atoms with E-state index >= 15 is 0 Å². The highest BCUT2D eigenvalue weighted by Gasteiger charge is 2.53. The zero-order valence-corrected chi connectivity index (χ0v) is 15.2. The third-order valence-electron chi connectivity index (χ3n) is 7.13. The maximum absolute atomic E-state index is 12.3. The Labute approximate surface area is 147 Å². The standard InChI is InChI=1S/C19H26N4O2/c1-11(19-7-12-4-13(8-19)6-14(5-12)9-19)21-16-15(10-20)17(24)23(3)18(25)22(16)2/h11-14,21H,4-9H2,1-3H3. The van der Waals surface area contributed by atoms with Crippen LogP contribution in [0.4, 0.5) is 5.82 Å². The SMILES string of the molecule is CC(Nc1c(C#N)c(=O)n(C)c(=O)n1C)C12CC3CC(CC(C3)C1)C2. The normalized spacial score (nSPS) is 33.9. The monoisotopic (exact) mass is 342 g/mol. The quantitative estimate of drug-likeness (QED) is 0.911. The van der Waals surface area contributed by atoms with E-state index in [4.69, 9.17) is 0 Å². The van der Waals surface area contributed by atoms with E-state index in [0.29, 0.717) is 5.82 Å². The Kier molecular flexibility index (Phi) is 3.61. The van der Waals surface area contributed by atoms with Crippen LogP contribution >= 0.6 is 0 Å². The lowest BCUT2D eigenvalue weighted by atomic mass is 9.48. The fraction of sp³-hybridized carbons (Fsp3) is 0.737. The molecule has 0 amide bonds. The molecule has 1 heterocycles. The molecule has 0 aliphatic heterocycles. The Morgan fingerprint density at radius 3 is 2.08 bits per heavy atom. The van der Waals surface area contributed by atoms with Gasteiger partial charge in [0.05, 0.1) is 0 Å². The zero-order chi connectivity index (χ0) is 17.9. The van der Waals surface area contributed by atoms with Crippen LogP contribution in [-0.4, -0.2) is 15.2 Å². The number of nitriles is 1. The van der Waals surface area contributed by atoms with Crippen LogP contribution in [0.3, 0.4) is 0 Å². The minimum atomic E-state index is -0.522. The maximum atomic E-state index is 12.3. The minimum Gasteiger partial charge on any atom is -0.367 e. The number of hydrogen-bond donors (Lipinski definition) is 1. The van der Waals surface area contributed by atoms with Crippen molar-refractivity contribution < 1.29 is 0 Å². The molecule has 0 spiro atoms. The molecule has 134 valence electrons. The molecular weight excluding hydrogens is 316 g/mol. The Morgan fingerprint density at radius 1 is 1.08 bits per heavy atom. The van der Waals surface area contributed by atoms with E-state index in [9.17, 15) is 14.9 Å². The van der Waals surface area contributed by atoms with Crippen molar-refractivity contribution in [2.75, 3.05) is 5.32 Å². The number of aromatic nitrogens is 2. The Morgan fingerprint density at radius 2 is 1.60 bits per heavy atom. The molecule has 1 aromatic rings. The number of anilines is 1. The van der Waals surface area contributed by atoms with Crippen LogP contribution in [0.1, 0.15) is 51.0 Å². The van der Waals surface area contributed by atoms with Crippen LogP contribution < -0.4 is 16.6 Å². The van der Waals surface area contributed by atoms with Crippen molar-refractivity contribution in [2.45, 2.75) is 51.5 Å². The van der Waals surface area contributed by atoms with E-state index in [1.807, 2.05) is 6.07 Å². The number of nitrogens with one attached hydrogen (secondary N) is 1. The zero-order valence-electron chi connectivity index (χ0n) is 15.2. The highest BCUT2D eigenvalue weighted by Crippen LogP contribution is 2.61. The van der Waals surface area contributed by atoms with Gasteiger partial charge in [0.1, 0.15) is 11.9 Å². The summed E-state index contributed by atoms with van der Waals surface area (Å²) in [6, 6.07) is 2.14. The second kappa shape index (κ2) is 5.48. The molecule has 0 aromatic carbocycles. The predicted octanol–water partition coefficient (Wildman–Crippen LogP) is 1.97. The van der Waals surface area contributed by atoms with E-state index in [1.165, 1.54) is 50.1 Å². The summed E-state index contributed by atoms with van der Waals surface area (Å²) in [5, 5.41) is 12.9. The largest absolute Gasteiger partial charge is 0.367 e. The molecule has 0 radical (unpaired) electrons. The molecule has 6 nitrogen and oxygen atoms in total. The molecule has 4 bridgehead atoms. The van der Waals surface area contributed by atoms with Crippen molar-refractivity contribution in [3.8, 4) is 6.07 Å². The van der Waals surface area contributed by atoms with Gasteiger partial charge in [0.2, 0.25) is 0 Å². The van der Waals surface area contributed by atoms with Gasteiger partial charge in [-0.05, 0) is 68.6 Å². The molecule has 1 N–H and O–H groups in total. The van der Waals surface area contributed by atoms with Crippen LogP contribution in [0.2, 0.25) is 0 Å². The second-order valence-electron chi connectivity index (χ2n) is 8.69. The van der Waals surface area contributed by atoms with Gasteiger partial charge in [-0.1, -0.05) is 0 Å².